The Morgan fingerprint density at radius 2 is 1.27 bits per heavy atom. The van der Waals surface area contributed by atoms with E-state index < -0.39 is 5.60 Å². The Kier molecular flexibility index (Phi) is 3.95. The average Bonchev–Trinajstić information content (AvgIpc) is 2.62. The van der Waals surface area contributed by atoms with E-state index in [1.165, 1.54) is 0 Å². The second-order valence-electron chi connectivity index (χ2n) is 4.76. The van der Waals surface area contributed by atoms with Crippen molar-refractivity contribution in [2.24, 2.45) is 0 Å². The molecule has 3 nitrogen and oxygen atoms in total. The van der Waals surface area contributed by atoms with Gasteiger partial charge in [-0.2, -0.15) is 0 Å². The zero-order valence-electron chi connectivity index (χ0n) is 11.8. The van der Waals surface area contributed by atoms with Crippen LogP contribution < -0.4 is 0 Å². The predicted molar refractivity (Wildman–Crippen MR) is 84.8 cm³/mol. The van der Waals surface area contributed by atoms with Crippen molar-refractivity contribution in [3.05, 3.63) is 96.1 Å². The Morgan fingerprint density at radius 3 is 1.77 bits per heavy atom. The van der Waals surface area contributed by atoms with Crippen LogP contribution in [0.1, 0.15) is 17.0 Å². The zero-order chi connectivity index (χ0) is 15.3. The van der Waals surface area contributed by atoms with Crippen LogP contribution >= 0.6 is 0 Å². The van der Waals surface area contributed by atoms with Crippen LogP contribution in [0.15, 0.2) is 79.1 Å². The van der Waals surface area contributed by atoms with Gasteiger partial charge >= 0.3 is 0 Å². The zero-order valence-corrected chi connectivity index (χ0v) is 11.8. The molecule has 0 radical (unpaired) electrons. The monoisotopic (exact) mass is 286 g/mol. The predicted octanol–water partition coefficient (Wildman–Crippen LogP) is 2.76. The number of pyridine rings is 2. The normalized spacial score (nSPS) is 10.6. The van der Waals surface area contributed by atoms with Gasteiger partial charge < -0.3 is 5.11 Å². The van der Waals surface area contributed by atoms with Crippen LogP contribution in [-0.4, -0.2) is 15.1 Å². The number of rotatable bonds is 2. The van der Waals surface area contributed by atoms with Gasteiger partial charge in [-0.15, -0.1) is 0 Å². The van der Waals surface area contributed by atoms with Gasteiger partial charge in [0.1, 0.15) is 0 Å². The fraction of sp³-hybridized carbons (Fsp3) is 0.0526. The van der Waals surface area contributed by atoms with Crippen molar-refractivity contribution in [3.8, 4) is 11.8 Å². The van der Waals surface area contributed by atoms with Gasteiger partial charge in [-0.3, -0.25) is 9.97 Å². The van der Waals surface area contributed by atoms with Crippen molar-refractivity contribution >= 4 is 0 Å². The van der Waals surface area contributed by atoms with Gasteiger partial charge in [0, 0.05) is 18.0 Å². The van der Waals surface area contributed by atoms with Gasteiger partial charge in [0.25, 0.3) is 0 Å². The van der Waals surface area contributed by atoms with E-state index in [0.717, 1.165) is 5.56 Å². The lowest BCUT2D eigenvalue weighted by Gasteiger charge is -2.20. The molecule has 3 aromatic rings. The molecule has 22 heavy (non-hydrogen) atoms. The largest absolute Gasteiger partial charge is 0.367 e. The summed E-state index contributed by atoms with van der Waals surface area (Å²) in [6.45, 7) is 0. The van der Waals surface area contributed by atoms with Gasteiger partial charge in [-0.1, -0.05) is 36.3 Å². The summed E-state index contributed by atoms with van der Waals surface area (Å²) in [5, 5.41) is 11.1. The summed E-state index contributed by atoms with van der Waals surface area (Å²) in [6, 6.07) is 20.3. The van der Waals surface area contributed by atoms with Crippen LogP contribution in [0, 0.1) is 11.8 Å². The third-order valence-electron chi connectivity index (χ3n) is 3.23. The minimum Gasteiger partial charge on any atom is -0.367 e. The average molecular weight is 286 g/mol. The number of hydrogen-bond acceptors (Lipinski definition) is 3. The Morgan fingerprint density at radius 1 is 0.727 bits per heavy atom. The van der Waals surface area contributed by atoms with Crippen molar-refractivity contribution in [1.82, 2.24) is 9.97 Å². The van der Waals surface area contributed by atoms with Gasteiger partial charge in [0.05, 0.1) is 11.4 Å². The summed E-state index contributed by atoms with van der Waals surface area (Å²) in [5.41, 5.74) is 0.195. The first-order valence-corrected chi connectivity index (χ1v) is 6.93. The molecule has 3 heteroatoms. The van der Waals surface area contributed by atoms with E-state index in [2.05, 4.69) is 21.8 Å². The number of aliphatic hydroxyl groups is 1. The lowest BCUT2D eigenvalue weighted by atomic mass is 9.94. The topological polar surface area (TPSA) is 46.0 Å². The number of hydrogen-bond donors (Lipinski definition) is 1. The number of nitrogens with zero attached hydrogens (tertiary/aromatic N) is 2. The highest BCUT2D eigenvalue weighted by Crippen LogP contribution is 2.25. The smallest absolute Gasteiger partial charge is 0.211 e. The molecule has 2 aromatic heterocycles. The third kappa shape index (κ3) is 2.88. The van der Waals surface area contributed by atoms with E-state index in [1.54, 1.807) is 36.7 Å². The molecule has 0 aliphatic carbocycles. The lowest BCUT2D eigenvalue weighted by molar-refractivity contribution is 0.135. The molecule has 1 N–H and O–H groups in total. The number of aromatic nitrogens is 2. The fourth-order valence-corrected chi connectivity index (χ4v) is 2.10. The van der Waals surface area contributed by atoms with Crippen LogP contribution in [-0.2, 0) is 5.60 Å². The molecule has 0 unspecified atom stereocenters. The molecule has 0 saturated heterocycles. The van der Waals surface area contributed by atoms with Crippen molar-refractivity contribution < 1.29 is 5.11 Å². The fourth-order valence-electron chi connectivity index (χ4n) is 2.10. The Labute approximate surface area is 129 Å². The Balaban J connectivity index is 2.11. The summed E-state index contributed by atoms with van der Waals surface area (Å²) in [7, 11) is 0. The first-order chi connectivity index (χ1) is 10.8. The minimum absolute atomic E-state index is 0.456. The maximum Gasteiger partial charge on any atom is 0.211 e. The summed E-state index contributed by atoms with van der Waals surface area (Å²) >= 11 is 0. The first kappa shape index (κ1) is 14.0. The van der Waals surface area contributed by atoms with Crippen molar-refractivity contribution in [2.75, 3.05) is 0 Å². The molecule has 0 aliphatic heterocycles. The molecule has 0 aliphatic rings. The molecule has 2 heterocycles. The minimum atomic E-state index is -1.54. The summed E-state index contributed by atoms with van der Waals surface area (Å²) in [5.74, 6) is 5.93. The van der Waals surface area contributed by atoms with Crippen molar-refractivity contribution in [3.63, 3.8) is 0 Å². The first-order valence-electron chi connectivity index (χ1n) is 6.93. The van der Waals surface area contributed by atoms with Gasteiger partial charge in [0.15, 0.2) is 0 Å². The molecule has 106 valence electrons. The van der Waals surface area contributed by atoms with Crippen LogP contribution in [0.4, 0.5) is 0 Å². The van der Waals surface area contributed by atoms with Crippen molar-refractivity contribution in [2.45, 2.75) is 5.60 Å². The summed E-state index contributed by atoms with van der Waals surface area (Å²) in [4.78, 5) is 8.49. The SMILES string of the molecule is OC(C#Cc1ccccc1)(c1ccccn1)c1ccccn1. The van der Waals surface area contributed by atoms with Crippen molar-refractivity contribution in [1.29, 1.82) is 0 Å². The Hall–Kier alpha value is -2.96. The van der Waals surface area contributed by atoms with E-state index in [0.29, 0.717) is 11.4 Å². The standard InChI is InChI=1S/C19H14N2O/c22-19(17-10-4-6-14-20-17,18-11-5-7-15-21-18)13-12-16-8-2-1-3-9-16/h1-11,14-15,22H. The third-order valence-corrected chi connectivity index (χ3v) is 3.23. The molecule has 0 amide bonds. The van der Waals surface area contributed by atoms with Crippen LogP contribution in [0.5, 0.6) is 0 Å². The van der Waals surface area contributed by atoms with Gasteiger partial charge in [-0.05, 0) is 42.3 Å². The van der Waals surface area contributed by atoms with E-state index in [-0.39, 0.29) is 0 Å². The van der Waals surface area contributed by atoms with E-state index in [9.17, 15) is 5.11 Å². The molecular weight excluding hydrogens is 272 g/mol. The molecule has 0 atom stereocenters. The summed E-state index contributed by atoms with van der Waals surface area (Å²) < 4.78 is 0. The maximum atomic E-state index is 11.1. The molecule has 0 spiro atoms. The highest BCUT2D eigenvalue weighted by atomic mass is 16.3. The lowest BCUT2D eigenvalue weighted by Crippen LogP contribution is -2.27. The molecule has 0 fully saturated rings. The Bertz CT molecular complexity index is 751. The quantitative estimate of drug-likeness (QED) is 0.737. The van der Waals surface area contributed by atoms with Crippen LogP contribution in [0.2, 0.25) is 0 Å². The molecular formula is C19H14N2O. The van der Waals surface area contributed by atoms with E-state index in [4.69, 9.17) is 0 Å². The second kappa shape index (κ2) is 6.21. The van der Waals surface area contributed by atoms with E-state index in [1.807, 2.05) is 42.5 Å². The second-order valence-corrected chi connectivity index (χ2v) is 4.76. The summed E-state index contributed by atoms with van der Waals surface area (Å²) in [6.07, 6.45) is 3.26. The van der Waals surface area contributed by atoms with Gasteiger partial charge in [0.2, 0.25) is 5.60 Å². The van der Waals surface area contributed by atoms with E-state index >= 15 is 0 Å². The van der Waals surface area contributed by atoms with Crippen LogP contribution in [0.3, 0.4) is 0 Å². The highest BCUT2D eigenvalue weighted by molar-refractivity contribution is 5.43. The molecule has 0 bridgehead atoms. The maximum absolute atomic E-state index is 11.1. The highest BCUT2D eigenvalue weighted by Gasteiger charge is 2.32. The number of benzene rings is 1. The molecule has 1 aromatic carbocycles. The molecule has 3 rings (SSSR count). The molecule has 0 saturated carbocycles. The van der Waals surface area contributed by atoms with Crippen LogP contribution in [0.25, 0.3) is 0 Å². The van der Waals surface area contributed by atoms with Gasteiger partial charge in [-0.25, -0.2) is 0 Å².